The molecule has 0 unspecified atom stereocenters. The van der Waals surface area contributed by atoms with Crippen LogP contribution in [0.15, 0.2) is 18.2 Å². The molecule has 0 spiro atoms. The minimum absolute atomic E-state index is 0.101. The van der Waals surface area contributed by atoms with Gasteiger partial charge in [0.05, 0.1) is 5.56 Å². The van der Waals surface area contributed by atoms with Crippen molar-refractivity contribution in [1.82, 2.24) is 0 Å². The maximum atomic E-state index is 13.1. The van der Waals surface area contributed by atoms with Gasteiger partial charge in [0.2, 0.25) is 0 Å². The average Bonchev–Trinajstić information content (AvgIpc) is 2.04. The van der Waals surface area contributed by atoms with Gasteiger partial charge < -0.3 is 0 Å². The van der Waals surface area contributed by atoms with Crippen LogP contribution in [0.2, 0.25) is 5.02 Å². The summed E-state index contributed by atoms with van der Waals surface area (Å²) >= 11 is 8.66. The molecular weight excluding hydrogens is 258 g/mol. The normalized spacial score (nSPS) is 10.1. The van der Waals surface area contributed by atoms with Crippen molar-refractivity contribution in [2.24, 2.45) is 0 Å². The summed E-state index contributed by atoms with van der Waals surface area (Å²) in [6.07, 6.45) is 0.290. The highest BCUT2D eigenvalue weighted by Gasteiger charge is 2.10. The topological polar surface area (TPSA) is 17.1 Å². The lowest BCUT2D eigenvalue weighted by Gasteiger charge is -2.00. The minimum Gasteiger partial charge on any atom is -0.294 e. The number of carbonyl (C=O) groups is 1. The Morgan fingerprint density at radius 2 is 2.23 bits per heavy atom. The molecule has 13 heavy (non-hydrogen) atoms. The van der Waals surface area contributed by atoms with Crippen LogP contribution in [0, 0.1) is 5.82 Å². The molecule has 0 aromatic heterocycles. The van der Waals surface area contributed by atoms with Gasteiger partial charge in [-0.15, -0.1) is 0 Å². The number of halogens is 3. The highest BCUT2D eigenvalue weighted by molar-refractivity contribution is 9.09. The molecule has 0 amide bonds. The highest BCUT2D eigenvalue weighted by Crippen LogP contribution is 2.16. The lowest BCUT2D eigenvalue weighted by molar-refractivity contribution is 0.0986. The summed E-state index contributed by atoms with van der Waals surface area (Å²) in [7, 11) is 0. The Bertz CT molecular complexity index is 327. The largest absolute Gasteiger partial charge is 0.294 e. The first-order chi connectivity index (χ1) is 6.15. The SMILES string of the molecule is O=C(CCBr)c1ccc(Cl)cc1F. The second-order valence-electron chi connectivity index (χ2n) is 2.49. The summed E-state index contributed by atoms with van der Waals surface area (Å²) in [5.74, 6) is -0.774. The number of Topliss-reactive ketones (excluding diaryl/α,β-unsaturated/α-hetero) is 1. The fraction of sp³-hybridized carbons (Fsp3) is 0.222. The number of hydrogen-bond donors (Lipinski definition) is 0. The van der Waals surface area contributed by atoms with E-state index in [2.05, 4.69) is 15.9 Å². The molecule has 0 aliphatic heterocycles. The van der Waals surface area contributed by atoms with E-state index < -0.39 is 5.82 Å². The second kappa shape index (κ2) is 4.72. The van der Waals surface area contributed by atoms with E-state index in [4.69, 9.17) is 11.6 Å². The smallest absolute Gasteiger partial charge is 0.166 e. The van der Waals surface area contributed by atoms with Gasteiger partial charge in [-0.25, -0.2) is 4.39 Å². The molecule has 0 heterocycles. The van der Waals surface area contributed by atoms with Crippen LogP contribution in [0.5, 0.6) is 0 Å². The van der Waals surface area contributed by atoms with E-state index in [1.165, 1.54) is 12.1 Å². The molecular formula is C9H7BrClFO. The van der Waals surface area contributed by atoms with Crippen LogP contribution >= 0.6 is 27.5 Å². The van der Waals surface area contributed by atoms with Crippen LogP contribution in [0.3, 0.4) is 0 Å². The second-order valence-corrected chi connectivity index (χ2v) is 3.72. The molecule has 0 N–H and O–H groups in total. The van der Waals surface area contributed by atoms with Crippen molar-refractivity contribution in [2.75, 3.05) is 5.33 Å². The van der Waals surface area contributed by atoms with E-state index in [-0.39, 0.29) is 11.3 Å². The monoisotopic (exact) mass is 264 g/mol. The molecule has 1 aromatic carbocycles. The standard InChI is InChI=1S/C9H7BrClFO/c10-4-3-9(13)7-2-1-6(11)5-8(7)12/h1-2,5H,3-4H2. The molecule has 1 aromatic rings. The van der Waals surface area contributed by atoms with Gasteiger partial charge in [-0.1, -0.05) is 27.5 Å². The van der Waals surface area contributed by atoms with Gasteiger partial charge in [0.25, 0.3) is 0 Å². The number of ketones is 1. The van der Waals surface area contributed by atoms with Gasteiger partial charge in [0, 0.05) is 16.8 Å². The fourth-order valence-electron chi connectivity index (χ4n) is 0.936. The van der Waals surface area contributed by atoms with Crippen molar-refractivity contribution in [2.45, 2.75) is 6.42 Å². The van der Waals surface area contributed by atoms with E-state index >= 15 is 0 Å². The molecule has 4 heteroatoms. The quantitative estimate of drug-likeness (QED) is 0.604. The first-order valence-electron chi connectivity index (χ1n) is 3.69. The third-order valence-corrected chi connectivity index (χ3v) is 2.18. The predicted molar refractivity (Wildman–Crippen MR) is 54.2 cm³/mol. The van der Waals surface area contributed by atoms with E-state index in [0.717, 1.165) is 6.07 Å². The van der Waals surface area contributed by atoms with Gasteiger partial charge in [0.15, 0.2) is 5.78 Å². The Morgan fingerprint density at radius 3 is 2.77 bits per heavy atom. The summed E-state index contributed by atoms with van der Waals surface area (Å²) in [4.78, 5) is 11.3. The van der Waals surface area contributed by atoms with Crippen LogP contribution in [-0.4, -0.2) is 11.1 Å². The lowest BCUT2D eigenvalue weighted by atomic mass is 10.1. The summed E-state index contributed by atoms with van der Waals surface area (Å²) in [6, 6.07) is 4.05. The van der Waals surface area contributed by atoms with E-state index in [1.807, 2.05) is 0 Å². The first kappa shape index (κ1) is 10.7. The Morgan fingerprint density at radius 1 is 1.54 bits per heavy atom. The number of alkyl halides is 1. The first-order valence-corrected chi connectivity index (χ1v) is 5.19. The Labute approximate surface area is 89.0 Å². The van der Waals surface area contributed by atoms with Crippen molar-refractivity contribution >= 4 is 33.3 Å². The average molecular weight is 266 g/mol. The Hall–Kier alpha value is -0.410. The van der Waals surface area contributed by atoms with E-state index in [0.29, 0.717) is 16.8 Å². The van der Waals surface area contributed by atoms with Crippen LogP contribution < -0.4 is 0 Å². The van der Waals surface area contributed by atoms with Gasteiger partial charge in [-0.2, -0.15) is 0 Å². The number of carbonyl (C=O) groups excluding carboxylic acids is 1. The van der Waals surface area contributed by atoms with Crippen molar-refractivity contribution < 1.29 is 9.18 Å². The Kier molecular flexibility index (Phi) is 3.88. The van der Waals surface area contributed by atoms with Gasteiger partial charge in [-0.05, 0) is 18.2 Å². The molecule has 0 atom stereocenters. The molecule has 70 valence electrons. The fourth-order valence-corrected chi connectivity index (χ4v) is 1.46. The predicted octanol–water partition coefficient (Wildman–Crippen LogP) is 3.45. The van der Waals surface area contributed by atoms with Crippen LogP contribution in [0.4, 0.5) is 4.39 Å². The molecule has 0 aliphatic rings. The molecule has 0 radical (unpaired) electrons. The molecule has 0 saturated carbocycles. The van der Waals surface area contributed by atoms with Crippen LogP contribution in [0.1, 0.15) is 16.8 Å². The summed E-state index contributed by atoms with van der Waals surface area (Å²) in [6.45, 7) is 0. The van der Waals surface area contributed by atoms with E-state index in [1.54, 1.807) is 0 Å². The van der Waals surface area contributed by atoms with Gasteiger partial charge >= 0.3 is 0 Å². The molecule has 1 nitrogen and oxygen atoms in total. The highest BCUT2D eigenvalue weighted by atomic mass is 79.9. The summed E-state index contributed by atoms with van der Waals surface area (Å²) < 4.78 is 13.1. The van der Waals surface area contributed by atoms with E-state index in [9.17, 15) is 9.18 Å². The Balaban J connectivity index is 2.95. The maximum absolute atomic E-state index is 13.1. The maximum Gasteiger partial charge on any atom is 0.166 e. The van der Waals surface area contributed by atoms with Crippen molar-refractivity contribution in [3.8, 4) is 0 Å². The molecule has 0 aliphatic carbocycles. The number of hydrogen-bond acceptors (Lipinski definition) is 1. The van der Waals surface area contributed by atoms with Crippen molar-refractivity contribution in [1.29, 1.82) is 0 Å². The zero-order chi connectivity index (χ0) is 9.84. The zero-order valence-electron chi connectivity index (χ0n) is 6.69. The summed E-state index contributed by atoms with van der Waals surface area (Å²) in [5.41, 5.74) is 0.101. The van der Waals surface area contributed by atoms with Gasteiger partial charge in [0.1, 0.15) is 5.82 Å². The third kappa shape index (κ3) is 2.78. The van der Waals surface area contributed by atoms with Crippen molar-refractivity contribution in [3.63, 3.8) is 0 Å². The molecule has 0 saturated heterocycles. The van der Waals surface area contributed by atoms with Crippen LogP contribution in [0.25, 0.3) is 0 Å². The minimum atomic E-state index is -0.557. The number of benzene rings is 1. The zero-order valence-corrected chi connectivity index (χ0v) is 9.03. The summed E-state index contributed by atoms with van der Waals surface area (Å²) in [5, 5.41) is 0.835. The lowest BCUT2D eigenvalue weighted by Crippen LogP contribution is -2.02. The molecule has 0 fully saturated rings. The molecule has 0 bridgehead atoms. The van der Waals surface area contributed by atoms with Crippen molar-refractivity contribution in [3.05, 3.63) is 34.6 Å². The third-order valence-electron chi connectivity index (χ3n) is 1.55. The number of rotatable bonds is 3. The molecule has 1 rings (SSSR count). The van der Waals surface area contributed by atoms with Gasteiger partial charge in [-0.3, -0.25) is 4.79 Å². The van der Waals surface area contributed by atoms with Crippen LogP contribution in [-0.2, 0) is 0 Å².